The molecule has 3 N–H and O–H groups in total. The number of carboxylic acid groups (broad SMARTS) is 1. The summed E-state index contributed by atoms with van der Waals surface area (Å²) in [6.45, 7) is 2.92. The minimum Gasteiger partial charge on any atom is -0.480 e. The van der Waals surface area contributed by atoms with Crippen LogP contribution in [0.4, 0.5) is 0 Å². The van der Waals surface area contributed by atoms with E-state index in [1.807, 2.05) is 0 Å². The highest BCUT2D eigenvalue weighted by atomic mass is 16.5. The van der Waals surface area contributed by atoms with E-state index in [1.165, 1.54) is 6.92 Å². The van der Waals surface area contributed by atoms with Crippen LogP contribution in [0.5, 0.6) is 0 Å². The Hall–Kier alpha value is -1.14. The number of amides is 1. The van der Waals surface area contributed by atoms with Gasteiger partial charge in [-0.2, -0.15) is 0 Å². The predicted molar refractivity (Wildman–Crippen MR) is 46.6 cm³/mol. The molecule has 1 amide bonds. The third kappa shape index (κ3) is 3.31. The van der Waals surface area contributed by atoms with Crippen LogP contribution in [0.25, 0.3) is 0 Å². The number of carbonyl (C=O) groups excluding carboxylic acids is 1. The Morgan fingerprint density at radius 1 is 1.43 bits per heavy atom. The monoisotopic (exact) mass is 205 g/mol. The summed E-state index contributed by atoms with van der Waals surface area (Å²) in [5, 5.41) is 26.9. The summed E-state index contributed by atoms with van der Waals surface area (Å²) in [4.78, 5) is 21.7. The fourth-order valence-electron chi connectivity index (χ4n) is 0.999. The molecule has 2 unspecified atom stereocenters. The molecule has 2 atom stereocenters. The summed E-state index contributed by atoms with van der Waals surface area (Å²) in [6.07, 6.45) is -0.770. The number of aliphatic hydroxyl groups is 1. The maximum Gasteiger partial charge on any atom is 0.331 e. The van der Waals surface area contributed by atoms with E-state index in [2.05, 4.69) is 0 Å². The number of hydroxylamine groups is 2. The molecule has 0 saturated heterocycles. The minimum atomic E-state index is -1.60. The second-order valence-electron chi connectivity index (χ2n) is 3.01. The molecule has 0 aromatic rings. The zero-order chi connectivity index (χ0) is 11.3. The summed E-state index contributed by atoms with van der Waals surface area (Å²) in [7, 11) is 0. The number of carboxylic acids is 1. The molecule has 6 heteroatoms. The van der Waals surface area contributed by atoms with Gasteiger partial charge in [-0.1, -0.05) is 6.92 Å². The van der Waals surface area contributed by atoms with Gasteiger partial charge in [-0.05, 0) is 13.3 Å². The normalized spacial score (nSPS) is 14.6. The second kappa shape index (κ2) is 5.56. The van der Waals surface area contributed by atoms with Crippen LogP contribution in [0.2, 0.25) is 0 Å². The van der Waals surface area contributed by atoms with Gasteiger partial charge in [0.25, 0.3) is 0 Å². The van der Waals surface area contributed by atoms with Crippen LogP contribution in [-0.4, -0.2) is 44.5 Å². The number of carbonyl (C=O) groups is 2. The quantitative estimate of drug-likeness (QED) is 0.428. The van der Waals surface area contributed by atoms with Gasteiger partial charge in [0.15, 0.2) is 6.04 Å². The molecule has 0 aliphatic rings. The molecule has 14 heavy (non-hydrogen) atoms. The van der Waals surface area contributed by atoms with Crippen LogP contribution in [0, 0.1) is 0 Å². The summed E-state index contributed by atoms with van der Waals surface area (Å²) in [6, 6.07) is -1.60. The van der Waals surface area contributed by atoms with Crippen molar-refractivity contribution >= 4 is 11.9 Å². The number of rotatable bonds is 5. The average molecular weight is 205 g/mol. The first-order chi connectivity index (χ1) is 6.41. The Labute approximate surface area is 81.7 Å². The summed E-state index contributed by atoms with van der Waals surface area (Å²) in [5.74, 6) is -2.15. The van der Waals surface area contributed by atoms with E-state index in [0.29, 0.717) is 6.42 Å². The van der Waals surface area contributed by atoms with E-state index >= 15 is 0 Å². The maximum absolute atomic E-state index is 11.1. The molecule has 0 fully saturated rings. The molecule has 0 aromatic heterocycles. The summed E-state index contributed by atoms with van der Waals surface area (Å²) >= 11 is 0. The number of nitrogens with zero attached hydrogens (tertiary/aromatic N) is 1. The standard InChI is InChI=1S/C8H15NO5/c1-3-4-6(11)9(14)7(5(2)10)8(12)13/h5,7,10,14H,3-4H2,1-2H3,(H,12,13). The van der Waals surface area contributed by atoms with Gasteiger partial charge in [-0.25, -0.2) is 9.86 Å². The number of hydrogen-bond donors (Lipinski definition) is 3. The van der Waals surface area contributed by atoms with E-state index in [4.69, 9.17) is 10.2 Å². The third-order valence-corrected chi connectivity index (χ3v) is 1.69. The molecule has 0 heterocycles. The van der Waals surface area contributed by atoms with Gasteiger partial charge < -0.3 is 10.2 Å². The molecule has 82 valence electrons. The van der Waals surface area contributed by atoms with Gasteiger partial charge in [-0.3, -0.25) is 10.0 Å². The highest BCUT2D eigenvalue weighted by Crippen LogP contribution is 2.05. The van der Waals surface area contributed by atoms with Crippen molar-refractivity contribution in [3.05, 3.63) is 0 Å². The average Bonchev–Trinajstić information content (AvgIpc) is 2.03. The van der Waals surface area contributed by atoms with E-state index < -0.39 is 24.0 Å². The number of hydrogen-bond acceptors (Lipinski definition) is 4. The van der Waals surface area contributed by atoms with Gasteiger partial charge in [-0.15, -0.1) is 0 Å². The van der Waals surface area contributed by atoms with Crippen molar-refractivity contribution in [2.45, 2.75) is 38.8 Å². The van der Waals surface area contributed by atoms with Crippen LogP contribution in [-0.2, 0) is 9.59 Å². The molecule has 6 nitrogen and oxygen atoms in total. The lowest BCUT2D eigenvalue weighted by molar-refractivity contribution is -0.194. The molecule has 0 aromatic carbocycles. The lowest BCUT2D eigenvalue weighted by Gasteiger charge is -2.24. The molecule has 0 rings (SSSR count). The van der Waals surface area contributed by atoms with Crippen molar-refractivity contribution in [1.82, 2.24) is 5.06 Å². The zero-order valence-corrected chi connectivity index (χ0v) is 8.17. The Kier molecular flexibility index (Phi) is 5.11. The first-order valence-corrected chi connectivity index (χ1v) is 4.33. The Balaban J connectivity index is 4.51. The van der Waals surface area contributed by atoms with Gasteiger partial charge in [0.2, 0.25) is 5.91 Å². The first-order valence-electron chi connectivity index (χ1n) is 4.33. The van der Waals surface area contributed by atoms with Gasteiger partial charge in [0.1, 0.15) is 0 Å². The molecule has 0 aliphatic carbocycles. The third-order valence-electron chi connectivity index (χ3n) is 1.69. The van der Waals surface area contributed by atoms with Crippen LogP contribution in [0.1, 0.15) is 26.7 Å². The van der Waals surface area contributed by atoms with Crippen molar-refractivity contribution < 1.29 is 25.0 Å². The predicted octanol–water partition coefficient (Wildman–Crippen LogP) is -0.162. The Morgan fingerprint density at radius 3 is 2.21 bits per heavy atom. The van der Waals surface area contributed by atoms with E-state index in [-0.39, 0.29) is 11.5 Å². The van der Waals surface area contributed by atoms with Gasteiger partial charge in [0.05, 0.1) is 6.10 Å². The molecule has 0 radical (unpaired) electrons. The van der Waals surface area contributed by atoms with Crippen molar-refractivity contribution in [2.24, 2.45) is 0 Å². The lowest BCUT2D eigenvalue weighted by atomic mass is 10.1. The van der Waals surface area contributed by atoms with Crippen molar-refractivity contribution in [1.29, 1.82) is 0 Å². The maximum atomic E-state index is 11.1. The zero-order valence-electron chi connectivity index (χ0n) is 8.17. The minimum absolute atomic E-state index is 0.0486. The molecule has 0 aliphatic heterocycles. The smallest absolute Gasteiger partial charge is 0.331 e. The van der Waals surface area contributed by atoms with E-state index in [0.717, 1.165) is 0 Å². The molecule has 0 spiro atoms. The fraction of sp³-hybridized carbons (Fsp3) is 0.750. The summed E-state index contributed by atoms with van der Waals surface area (Å²) in [5.41, 5.74) is 0. The van der Waals surface area contributed by atoms with Crippen molar-refractivity contribution in [2.75, 3.05) is 0 Å². The van der Waals surface area contributed by atoms with E-state index in [9.17, 15) is 14.8 Å². The van der Waals surface area contributed by atoms with Crippen LogP contribution < -0.4 is 0 Å². The molecular weight excluding hydrogens is 190 g/mol. The molecular formula is C8H15NO5. The van der Waals surface area contributed by atoms with E-state index in [1.54, 1.807) is 6.92 Å². The molecule has 0 saturated carbocycles. The largest absolute Gasteiger partial charge is 0.480 e. The first kappa shape index (κ1) is 12.9. The lowest BCUT2D eigenvalue weighted by Crippen LogP contribution is -2.49. The second-order valence-corrected chi connectivity index (χ2v) is 3.01. The van der Waals surface area contributed by atoms with Crippen LogP contribution >= 0.6 is 0 Å². The summed E-state index contributed by atoms with van der Waals surface area (Å²) < 4.78 is 0. The van der Waals surface area contributed by atoms with Gasteiger partial charge >= 0.3 is 5.97 Å². The van der Waals surface area contributed by atoms with Crippen LogP contribution in [0.15, 0.2) is 0 Å². The van der Waals surface area contributed by atoms with Gasteiger partial charge in [0, 0.05) is 6.42 Å². The topological polar surface area (TPSA) is 98.1 Å². The van der Waals surface area contributed by atoms with Crippen molar-refractivity contribution in [3.8, 4) is 0 Å². The highest BCUT2D eigenvalue weighted by Gasteiger charge is 2.32. The fourth-order valence-corrected chi connectivity index (χ4v) is 0.999. The number of aliphatic carboxylic acids is 1. The highest BCUT2D eigenvalue weighted by molar-refractivity contribution is 5.82. The SMILES string of the molecule is CCCC(=O)N(O)C(C(=O)O)C(C)O. The Bertz CT molecular complexity index is 216. The van der Waals surface area contributed by atoms with Crippen LogP contribution in [0.3, 0.4) is 0 Å². The van der Waals surface area contributed by atoms with Crippen molar-refractivity contribution in [3.63, 3.8) is 0 Å². The number of aliphatic hydroxyl groups excluding tert-OH is 1. The Morgan fingerprint density at radius 2 is 1.93 bits per heavy atom. The molecule has 0 bridgehead atoms.